The van der Waals surface area contributed by atoms with Crippen molar-refractivity contribution in [2.75, 3.05) is 0 Å². The van der Waals surface area contributed by atoms with Crippen LogP contribution in [0.15, 0.2) is 151 Å². The number of benzene rings is 5. The second-order valence-electron chi connectivity index (χ2n) is 9.58. The minimum absolute atomic E-state index is 0.0229. The highest BCUT2D eigenvalue weighted by atomic mass is 15.1. The molecule has 0 unspecified atom stereocenters. The first-order chi connectivity index (χ1) is 29.3. The van der Waals surface area contributed by atoms with E-state index in [0.29, 0.717) is 5.39 Å². The molecule has 0 saturated heterocycles. The van der Waals surface area contributed by atoms with Crippen molar-refractivity contribution in [3.8, 4) is 34.2 Å². The summed E-state index contributed by atoms with van der Waals surface area (Å²) in [6, 6.07) is -2.47. The van der Waals surface area contributed by atoms with Crippen LogP contribution >= 0.6 is 0 Å². The van der Waals surface area contributed by atoms with E-state index >= 15 is 0 Å². The van der Waals surface area contributed by atoms with Crippen molar-refractivity contribution in [2.24, 2.45) is 0 Å². The van der Waals surface area contributed by atoms with Crippen molar-refractivity contribution in [3.63, 3.8) is 0 Å². The fourth-order valence-corrected chi connectivity index (χ4v) is 5.38. The molecule has 5 nitrogen and oxygen atoms in total. The van der Waals surface area contributed by atoms with Gasteiger partial charge in [0.15, 0.2) is 5.82 Å². The van der Waals surface area contributed by atoms with Crippen LogP contribution < -0.4 is 0 Å². The first kappa shape index (κ1) is 12.7. The fraction of sp³-hybridized carbons (Fsp3) is 0. The Bertz CT molecular complexity index is 3420. The van der Waals surface area contributed by atoms with Gasteiger partial charge in [0, 0.05) is 44.9 Å². The van der Waals surface area contributed by atoms with Gasteiger partial charge < -0.3 is 0 Å². The fourth-order valence-electron chi connectivity index (χ4n) is 5.38. The van der Waals surface area contributed by atoms with E-state index < -0.39 is 131 Å². The van der Waals surface area contributed by atoms with Crippen molar-refractivity contribution in [1.29, 1.82) is 0 Å². The lowest BCUT2D eigenvalue weighted by Crippen LogP contribution is -2.05. The summed E-state index contributed by atoms with van der Waals surface area (Å²) in [6.45, 7) is 0. The van der Waals surface area contributed by atoms with Gasteiger partial charge in [0.25, 0.3) is 0 Å². The highest BCUT2D eigenvalue weighted by Crippen LogP contribution is 2.37. The molecule has 5 aromatic carbocycles. The van der Waals surface area contributed by atoms with Gasteiger partial charge in [-0.3, -0.25) is 9.13 Å². The van der Waals surface area contributed by atoms with Crippen LogP contribution in [-0.4, -0.2) is 24.1 Å². The van der Waals surface area contributed by atoms with Gasteiger partial charge in [-0.05, 0) is 42.4 Å². The number of aromatic nitrogens is 5. The lowest BCUT2D eigenvalue weighted by atomic mass is 10.1. The molecule has 0 aliphatic heterocycles. The second-order valence-corrected chi connectivity index (χ2v) is 9.58. The topological polar surface area (TPSA) is 48.5 Å². The molecule has 44 heavy (non-hydrogen) atoms. The monoisotopic (exact) mass is 581 g/mol. The number of fused-ring (bicyclic) bond motifs is 6. The molecule has 5 heteroatoms. The van der Waals surface area contributed by atoms with Crippen molar-refractivity contribution in [1.82, 2.24) is 24.1 Å². The maximum atomic E-state index is 9.64. The van der Waals surface area contributed by atoms with Crippen LogP contribution in [0.4, 0.5) is 0 Å². The third kappa shape index (κ3) is 3.69. The number of pyridine rings is 1. The van der Waals surface area contributed by atoms with Gasteiger partial charge in [-0.25, -0.2) is 15.0 Å². The molecule has 0 saturated carbocycles. The normalized spacial score (nSPS) is 17.4. The summed E-state index contributed by atoms with van der Waals surface area (Å²) in [4.78, 5) is 14.0. The van der Waals surface area contributed by atoms with Gasteiger partial charge in [0.1, 0.15) is 11.5 Å². The highest BCUT2D eigenvalue weighted by Gasteiger charge is 2.20. The molecule has 206 valence electrons. The Kier molecular flexibility index (Phi) is 2.80. The van der Waals surface area contributed by atoms with Crippen molar-refractivity contribution >= 4 is 43.7 Å². The molecule has 9 aromatic rings. The number of nitrogens with zero attached hydrogens (tertiary/aromatic N) is 5. The molecule has 0 amide bonds. The quantitative estimate of drug-likeness (QED) is 0.208. The maximum absolute atomic E-state index is 9.64. The molecule has 0 atom stereocenters. The summed E-state index contributed by atoms with van der Waals surface area (Å²) >= 11 is 0. The summed E-state index contributed by atoms with van der Waals surface area (Å²) in [6.07, 6.45) is 1.46. The Morgan fingerprint density at radius 3 is 1.89 bits per heavy atom. The molecule has 4 aromatic heterocycles. The zero-order chi connectivity index (χ0) is 44.7. The molecule has 9 rings (SSSR count). The van der Waals surface area contributed by atoms with E-state index in [9.17, 15) is 1.37 Å². The Balaban J connectivity index is 1.52. The van der Waals surface area contributed by atoms with Crippen LogP contribution in [0.1, 0.15) is 24.7 Å². The molecule has 0 N–H and O–H groups in total. The van der Waals surface area contributed by atoms with Gasteiger partial charge in [-0.15, -0.1) is 0 Å². The third-order valence-electron chi connectivity index (χ3n) is 7.19. The van der Waals surface area contributed by atoms with E-state index in [-0.39, 0.29) is 50.4 Å². The van der Waals surface area contributed by atoms with Crippen LogP contribution in [0.5, 0.6) is 0 Å². The molecule has 4 heterocycles. The molecule has 0 aliphatic carbocycles. The largest absolute Gasteiger partial charge is 0.294 e. The van der Waals surface area contributed by atoms with E-state index in [0.717, 1.165) is 4.57 Å². The van der Waals surface area contributed by atoms with Crippen molar-refractivity contribution < 1.29 is 24.7 Å². The van der Waals surface area contributed by atoms with E-state index in [1.807, 2.05) is 0 Å². The number of hydrogen-bond acceptors (Lipinski definition) is 3. The number of para-hydroxylation sites is 4. The maximum Gasteiger partial charge on any atom is 0.164 e. The summed E-state index contributed by atoms with van der Waals surface area (Å²) in [5, 5.41) is -0.146. The average molecular weight is 582 g/mol. The highest BCUT2D eigenvalue weighted by molar-refractivity contribution is 6.09. The minimum Gasteiger partial charge on any atom is -0.294 e. The molecule has 0 spiro atoms. The zero-order valence-electron chi connectivity index (χ0n) is 40.3. The van der Waals surface area contributed by atoms with Crippen molar-refractivity contribution in [2.45, 2.75) is 0 Å². The first-order valence-corrected chi connectivity index (χ1v) is 13.3. The van der Waals surface area contributed by atoms with E-state index in [4.69, 9.17) is 28.3 Å². The van der Waals surface area contributed by atoms with E-state index in [1.165, 1.54) is 16.8 Å². The average Bonchev–Trinajstić information content (AvgIpc) is 3.81. The third-order valence-corrected chi connectivity index (χ3v) is 7.19. The molecular weight excluding hydrogens is 538 g/mol. The summed E-state index contributed by atoms with van der Waals surface area (Å²) in [5.74, 6) is -0.902. The second kappa shape index (κ2) is 9.75. The van der Waals surface area contributed by atoms with Gasteiger partial charge in [-0.1, -0.05) is 96.7 Å². The lowest BCUT2D eigenvalue weighted by Gasteiger charge is -2.15. The Morgan fingerprint density at radius 1 is 0.545 bits per heavy atom. The Labute approximate surface area is 278 Å². The van der Waals surface area contributed by atoms with Crippen LogP contribution in [-0.2, 0) is 0 Å². The summed E-state index contributed by atoms with van der Waals surface area (Å²) in [5.41, 5.74) is -1.47. The lowest BCUT2D eigenvalue weighted by molar-refractivity contribution is 1.04. The standard InChI is InChI=1S/C39H25N5/c1-2-13-26(14-3-1)32-25-37(43-33-20-8-4-15-27(33)28-16-5-9-21-34(28)43)42-38(41-32)31-18-7-11-23-36(31)44-35-22-10-6-17-29(35)30-19-12-24-40-39(30)44/h1-25H/i1D,2D,3D,4D,5D,6D,8D,9D,10D,13D,14D,15D,16D,17D,20D,21D,22D,25D. The number of hydrogen-bond donors (Lipinski definition) is 0. The molecule has 0 fully saturated rings. The predicted octanol–water partition coefficient (Wildman–Crippen LogP) is 9.40. The van der Waals surface area contributed by atoms with Gasteiger partial charge in [-0.2, -0.15) is 0 Å². The van der Waals surface area contributed by atoms with Crippen LogP contribution in [0, 0.1) is 0 Å². The SMILES string of the molecule is [2H]c1c(-c2c([2H])c([2H])c([2H])c([2H])c2[2H])nc(-c2ccccc2-n2c3ncccc3c3c([2H])c([2H])c([2H])c([2H])c32)nc1-n1c2c([2H])c([2H])c([2H])c([2H])c2c2c([2H])c([2H])c([2H])c([2H])c21. The van der Waals surface area contributed by atoms with Crippen molar-refractivity contribution in [3.05, 3.63) is 151 Å². The first-order valence-electron chi connectivity index (χ1n) is 22.3. The molecule has 0 radical (unpaired) electrons. The van der Waals surface area contributed by atoms with Gasteiger partial charge in [0.05, 0.1) is 52.6 Å². The molecular formula is C39H25N5. The number of rotatable bonds is 4. The predicted molar refractivity (Wildman–Crippen MR) is 179 cm³/mol. The van der Waals surface area contributed by atoms with E-state index in [1.54, 1.807) is 30.3 Å². The minimum atomic E-state index is -0.770. The summed E-state index contributed by atoms with van der Waals surface area (Å²) < 4.78 is 160. The van der Waals surface area contributed by atoms with Crippen LogP contribution in [0.25, 0.3) is 77.9 Å². The van der Waals surface area contributed by atoms with Gasteiger partial charge >= 0.3 is 0 Å². The molecule has 0 aliphatic rings. The Morgan fingerprint density at radius 2 is 1.16 bits per heavy atom. The van der Waals surface area contributed by atoms with E-state index in [2.05, 4.69) is 9.97 Å². The zero-order valence-corrected chi connectivity index (χ0v) is 22.3. The summed E-state index contributed by atoms with van der Waals surface area (Å²) in [7, 11) is 0. The van der Waals surface area contributed by atoms with Crippen LogP contribution in [0.2, 0.25) is 0 Å². The Hall–Kier alpha value is -6.07. The smallest absolute Gasteiger partial charge is 0.164 e. The van der Waals surface area contributed by atoms with Gasteiger partial charge in [0.2, 0.25) is 0 Å². The van der Waals surface area contributed by atoms with Crippen LogP contribution in [0.3, 0.4) is 0 Å². The molecule has 0 bridgehead atoms.